The maximum atomic E-state index is 14.1. The molecule has 9 heteroatoms. The number of hydrogen-bond donors (Lipinski definition) is 2. The van der Waals surface area contributed by atoms with Gasteiger partial charge in [0, 0.05) is 30.5 Å². The van der Waals surface area contributed by atoms with Crippen LogP contribution in [0.15, 0.2) is 42.5 Å². The van der Waals surface area contributed by atoms with Crippen molar-refractivity contribution in [2.45, 2.75) is 24.5 Å². The Bertz CT molecular complexity index is 1100. The third-order valence-corrected chi connectivity index (χ3v) is 7.74. The second-order valence-corrected chi connectivity index (χ2v) is 10.0. The molecule has 2 amide bonds. The first-order chi connectivity index (χ1) is 14.1. The van der Waals surface area contributed by atoms with E-state index in [9.17, 15) is 22.4 Å². The normalized spacial score (nSPS) is 16.0. The van der Waals surface area contributed by atoms with E-state index in [1.807, 2.05) is 0 Å². The summed E-state index contributed by atoms with van der Waals surface area (Å²) < 4.78 is 36.4. The van der Waals surface area contributed by atoms with Gasteiger partial charge in [-0.15, -0.1) is 0 Å². The lowest BCUT2D eigenvalue weighted by atomic mass is 9.93. The van der Waals surface area contributed by atoms with Crippen LogP contribution in [0.4, 0.5) is 4.39 Å². The molecular formula is C21H23FN2O5S. The van der Waals surface area contributed by atoms with Gasteiger partial charge in [-0.25, -0.2) is 18.3 Å². The fourth-order valence-corrected chi connectivity index (χ4v) is 4.39. The first-order valence-electron chi connectivity index (χ1n) is 9.40. The summed E-state index contributed by atoms with van der Waals surface area (Å²) in [4.78, 5) is 26.3. The summed E-state index contributed by atoms with van der Waals surface area (Å²) >= 11 is 0. The number of sulfone groups is 1. The minimum Gasteiger partial charge on any atom is -0.338 e. The lowest BCUT2D eigenvalue weighted by Gasteiger charge is -2.32. The monoisotopic (exact) mass is 434 g/mol. The molecule has 0 aliphatic carbocycles. The van der Waals surface area contributed by atoms with Crippen LogP contribution >= 0.6 is 0 Å². The highest BCUT2D eigenvalue weighted by Gasteiger charge is 2.44. The van der Waals surface area contributed by atoms with Gasteiger partial charge in [0.25, 0.3) is 11.8 Å². The quantitative estimate of drug-likeness (QED) is 0.536. The van der Waals surface area contributed by atoms with Crippen molar-refractivity contribution in [1.29, 1.82) is 0 Å². The van der Waals surface area contributed by atoms with Gasteiger partial charge in [0.1, 0.15) is 5.82 Å². The predicted molar refractivity (Wildman–Crippen MR) is 109 cm³/mol. The Kier molecular flexibility index (Phi) is 5.96. The molecule has 0 saturated carbocycles. The van der Waals surface area contributed by atoms with E-state index in [2.05, 4.69) is 0 Å². The van der Waals surface area contributed by atoms with Crippen LogP contribution in [-0.2, 0) is 21.1 Å². The largest absolute Gasteiger partial charge is 0.338 e. The molecule has 0 aromatic heterocycles. The van der Waals surface area contributed by atoms with Gasteiger partial charge in [0.2, 0.25) is 0 Å². The molecule has 2 N–H and O–H groups in total. The topological polar surface area (TPSA) is 104 Å². The molecule has 0 spiro atoms. The number of carbonyl (C=O) groups excluding carboxylic acids is 2. The maximum Gasteiger partial charge on any atom is 0.264 e. The van der Waals surface area contributed by atoms with Crippen LogP contribution in [0.5, 0.6) is 0 Å². The van der Waals surface area contributed by atoms with Crippen LogP contribution in [0.25, 0.3) is 11.1 Å². The van der Waals surface area contributed by atoms with Crippen molar-refractivity contribution in [3.8, 4) is 11.1 Å². The minimum atomic E-state index is -3.84. The number of amides is 2. The number of carbonyl (C=O) groups is 2. The first-order valence-corrected chi connectivity index (χ1v) is 11.3. The zero-order valence-electron chi connectivity index (χ0n) is 16.7. The number of nitrogens with one attached hydrogen (secondary N) is 1. The smallest absolute Gasteiger partial charge is 0.264 e. The second kappa shape index (κ2) is 8.16. The molecule has 0 unspecified atom stereocenters. The van der Waals surface area contributed by atoms with Crippen molar-refractivity contribution < 1.29 is 27.6 Å². The average molecular weight is 434 g/mol. The summed E-state index contributed by atoms with van der Waals surface area (Å²) in [6.45, 7) is 1.59. The summed E-state index contributed by atoms with van der Waals surface area (Å²) in [6, 6.07) is 11.5. The lowest BCUT2D eigenvalue weighted by molar-refractivity contribution is -0.131. The molecule has 0 bridgehead atoms. The van der Waals surface area contributed by atoms with Crippen molar-refractivity contribution in [2.75, 3.05) is 19.3 Å². The van der Waals surface area contributed by atoms with Crippen molar-refractivity contribution in [2.24, 2.45) is 0 Å². The van der Waals surface area contributed by atoms with E-state index in [1.54, 1.807) is 36.4 Å². The van der Waals surface area contributed by atoms with Gasteiger partial charge < -0.3 is 4.90 Å². The number of rotatable bonds is 6. The molecule has 0 radical (unpaired) electrons. The number of fused-ring (bicyclic) bond motifs is 1. The van der Waals surface area contributed by atoms with Gasteiger partial charge >= 0.3 is 0 Å². The molecule has 1 aliphatic heterocycles. The summed E-state index contributed by atoms with van der Waals surface area (Å²) in [5.41, 5.74) is 3.79. The molecule has 1 atom stereocenters. The Balaban J connectivity index is 1.81. The van der Waals surface area contributed by atoms with Crippen molar-refractivity contribution in [3.63, 3.8) is 0 Å². The molecule has 1 aliphatic rings. The van der Waals surface area contributed by atoms with E-state index in [0.29, 0.717) is 29.7 Å². The van der Waals surface area contributed by atoms with Gasteiger partial charge in [-0.05, 0) is 43.0 Å². The Hall–Kier alpha value is -2.78. The second-order valence-electron chi connectivity index (χ2n) is 7.59. The maximum absolute atomic E-state index is 14.1. The fourth-order valence-electron chi connectivity index (χ4n) is 3.55. The lowest BCUT2D eigenvalue weighted by Crippen LogP contribution is -2.51. The Labute approximate surface area is 174 Å². The van der Waals surface area contributed by atoms with Crippen LogP contribution in [0, 0.1) is 5.82 Å². The standard InChI is InChI=1S/C21H23FN2O5S/c1-21(20(26)23-27,30(2,28)29)10-12-24-11-9-15-13-14(7-8-17(15)19(24)25)16-5-3-4-6-18(16)22/h3-8,13,27H,9-12H2,1-2H3,(H,23,26)/t21-/m0/s1. The Morgan fingerprint density at radius 2 is 1.93 bits per heavy atom. The zero-order chi connectivity index (χ0) is 22.1. The molecular weight excluding hydrogens is 411 g/mol. The van der Waals surface area contributed by atoms with Crippen molar-refractivity contribution in [3.05, 3.63) is 59.4 Å². The third-order valence-electron chi connectivity index (χ3n) is 5.72. The summed E-state index contributed by atoms with van der Waals surface area (Å²) in [5, 5.41) is 8.92. The predicted octanol–water partition coefficient (Wildman–Crippen LogP) is 2.19. The van der Waals surface area contributed by atoms with Gasteiger partial charge in [-0.3, -0.25) is 14.8 Å². The highest BCUT2D eigenvalue weighted by molar-refractivity contribution is 7.92. The molecule has 30 heavy (non-hydrogen) atoms. The van der Waals surface area contributed by atoms with Gasteiger partial charge in [-0.1, -0.05) is 30.3 Å². The van der Waals surface area contributed by atoms with Gasteiger partial charge in [-0.2, -0.15) is 0 Å². The SMILES string of the molecule is C[C@](CCN1CCc2cc(-c3ccccc3F)ccc2C1=O)(C(=O)NO)S(C)(=O)=O. The van der Waals surface area contributed by atoms with E-state index in [4.69, 9.17) is 5.21 Å². The van der Waals surface area contributed by atoms with Crippen LogP contribution in [0.2, 0.25) is 0 Å². The molecule has 160 valence electrons. The summed E-state index contributed by atoms with van der Waals surface area (Å²) in [5.74, 6) is -1.66. The van der Waals surface area contributed by atoms with Crippen LogP contribution < -0.4 is 5.48 Å². The van der Waals surface area contributed by atoms with Crippen molar-refractivity contribution in [1.82, 2.24) is 10.4 Å². The number of hydroxylamine groups is 1. The average Bonchev–Trinajstić information content (AvgIpc) is 2.71. The molecule has 3 rings (SSSR count). The summed E-state index contributed by atoms with van der Waals surface area (Å²) in [7, 11) is -3.84. The molecule has 1 heterocycles. The van der Waals surface area contributed by atoms with E-state index in [0.717, 1.165) is 11.8 Å². The van der Waals surface area contributed by atoms with E-state index in [1.165, 1.54) is 23.4 Å². The Morgan fingerprint density at radius 1 is 1.23 bits per heavy atom. The molecule has 2 aromatic rings. The van der Waals surface area contributed by atoms with E-state index >= 15 is 0 Å². The minimum absolute atomic E-state index is 0.0321. The number of halogens is 1. The van der Waals surface area contributed by atoms with E-state index in [-0.39, 0.29) is 24.7 Å². The van der Waals surface area contributed by atoms with Crippen molar-refractivity contribution >= 4 is 21.7 Å². The third kappa shape index (κ3) is 3.95. The van der Waals surface area contributed by atoms with E-state index < -0.39 is 20.5 Å². The zero-order valence-corrected chi connectivity index (χ0v) is 17.5. The van der Waals surface area contributed by atoms with Gasteiger partial charge in [0.05, 0.1) is 0 Å². The molecule has 0 fully saturated rings. The van der Waals surface area contributed by atoms with Crippen LogP contribution in [0.1, 0.15) is 29.3 Å². The van der Waals surface area contributed by atoms with Gasteiger partial charge in [0.15, 0.2) is 14.6 Å². The highest BCUT2D eigenvalue weighted by atomic mass is 32.2. The van der Waals surface area contributed by atoms with Crippen LogP contribution in [0.3, 0.4) is 0 Å². The fraction of sp³-hybridized carbons (Fsp3) is 0.333. The molecule has 7 nitrogen and oxygen atoms in total. The summed E-state index contributed by atoms with van der Waals surface area (Å²) in [6.07, 6.45) is 1.28. The van der Waals surface area contributed by atoms with Crippen LogP contribution in [-0.4, -0.2) is 54.4 Å². The molecule has 2 aromatic carbocycles. The number of nitrogens with zero attached hydrogens (tertiary/aromatic N) is 1. The number of benzene rings is 2. The first kappa shape index (κ1) is 21.9. The molecule has 0 saturated heterocycles. The Morgan fingerprint density at radius 3 is 2.57 bits per heavy atom. The number of hydrogen-bond acceptors (Lipinski definition) is 5. The highest BCUT2D eigenvalue weighted by Crippen LogP contribution is 2.29.